The lowest BCUT2D eigenvalue weighted by Crippen LogP contribution is -2.60. The second kappa shape index (κ2) is 8.91. The molecule has 2 aliphatic heterocycles. The lowest BCUT2D eigenvalue weighted by Gasteiger charge is -2.51. The summed E-state index contributed by atoms with van der Waals surface area (Å²) in [6, 6.07) is 10.7. The standard InChI is InChI=1S/C25H38N4O4/c1-26-25(19-6-3-2-4-7-19)12-10-23(11-13-25)17-28(14-21(30)27-20-15-33-16-20)22(31)29(23)18-24(32)8-5-9-24/h2-4,6-7,20,22,26,31-32H,5,8-18H2,1H3,(H,27,30)/t22?,23-,25+. The third kappa shape index (κ3) is 4.33. The van der Waals surface area contributed by atoms with Crippen LogP contribution >= 0.6 is 0 Å². The number of amides is 1. The summed E-state index contributed by atoms with van der Waals surface area (Å²) < 4.78 is 5.15. The summed E-state index contributed by atoms with van der Waals surface area (Å²) in [6.45, 7) is 2.37. The Bertz CT molecular complexity index is 834. The molecule has 1 unspecified atom stereocenters. The van der Waals surface area contributed by atoms with Crippen LogP contribution in [0.2, 0.25) is 0 Å². The maximum atomic E-state index is 12.6. The summed E-state index contributed by atoms with van der Waals surface area (Å²) >= 11 is 0. The number of nitrogens with zero attached hydrogens (tertiary/aromatic N) is 2. The highest BCUT2D eigenvalue weighted by Gasteiger charge is 2.56. The minimum absolute atomic E-state index is 0.0774. The first-order valence-corrected chi connectivity index (χ1v) is 12.4. The quantitative estimate of drug-likeness (QED) is 0.479. The van der Waals surface area contributed by atoms with Gasteiger partial charge in [0, 0.05) is 24.2 Å². The first-order valence-electron chi connectivity index (χ1n) is 12.4. The highest BCUT2D eigenvalue weighted by atomic mass is 16.5. The van der Waals surface area contributed by atoms with Crippen LogP contribution in [0.5, 0.6) is 0 Å². The van der Waals surface area contributed by atoms with Crippen LogP contribution in [0.15, 0.2) is 30.3 Å². The van der Waals surface area contributed by atoms with Crippen LogP contribution in [-0.4, -0.2) is 89.3 Å². The summed E-state index contributed by atoms with van der Waals surface area (Å²) in [5, 5.41) is 28.9. The second-order valence-corrected chi connectivity index (χ2v) is 10.7. The Morgan fingerprint density at radius 2 is 1.82 bits per heavy atom. The summed E-state index contributed by atoms with van der Waals surface area (Å²) in [5.41, 5.74) is 0.224. The molecule has 0 bridgehead atoms. The van der Waals surface area contributed by atoms with E-state index >= 15 is 0 Å². The van der Waals surface area contributed by atoms with Crippen molar-refractivity contribution in [1.29, 1.82) is 0 Å². The van der Waals surface area contributed by atoms with Crippen molar-refractivity contribution in [2.24, 2.45) is 0 Å². The van der Waals surface area contributed by atoms with Gasteiger partial charge in [-0.15, -0.1) is 0 Å². The van der Waals surface area contributed by atoms with Crippen LogP contribution in [0, 0.1) is 0 Å². The van der Waals surface area contributed by atoms with Crippen LogP contribution in [0.4, 0.5) is 0 Å². The Labute approximate surface area is 196 Å². The average molecular weight is 459 g/mol. The van der Waals surface area contributed by atoms with Crippen molar-refractivity contribution in [2.75, 3.05) is 39.9 Å². The lowest BCUT2D eigenvalue weighted by molar-refractivity contribution is -0.147. The average Bonchev–Trinajstić information content (AvgIpc) is 3.02. The maximum absolute atomic E-state index is 12.6. The molecule has 4 fully saturated rings. The van der Waals surface area contributed by atoms with E-state index in [1.807, 2.05) is 18.0 Å². The molecule has 0 radical (unpaired) electrons. The molecule has 5 rings (SSSR count). The van der Waals surface area contributed by atoms with E-state index in [9.17, 15) is 15.0 Å². The fourth-order valence-electron chi connectivity index (χ4n) is 6.24. The maximum Gasteiger partial charge on any atom is 0.234 e. The molecule has 4 N–H and O–H groups in total. The first kappa shape index (κ1) is 23.2. The van der Waals surface area contributed by atoms with Gasteiger partial charge < -0.3 is 25.6 Å². The molecular formula is C25H38N4O4. The molecule has 2 saturated carbocycles. The highest BCUT2D eigenvalue weighted by molar-refractivity contribution is 5.78. The molecule has 4 aliphatic rings. The highest BCUT2D eigenvalue weighted by Crippen LogP contribution is 2.48. The zero-order valence-corrected chi connectivity index (χ0v) is 19.6. The van der Waals surface area contributed by atoms with E-state index in [4.69, 9.17) is 4.74 Å². The topological polar surface area (TPSA) is 97.3 Å². The van der Waals surface area contributed by atoms with Gasteiger partial charge in [0.1, 0.15) is 0 Å². The predicted molar refractivity (Wildman–Crippen MR) is 124 cm³/mol. The molecule has 0 aromatic heterocycles. The summed E-state index contributed by atoms with van der Waals surface area (Å²) in [6.07, 6.45) is 5.38. The fourth-order valence-corrected chi connectivity index (χ4v) is 6.24. The minimum atomic E-state index is -0.864. The normalized spacial score (nSPS) is 34.7. The molecular weight excluding hydrogens is 420 g/mol. The van der Waals surface area contributed by atoms with Crippen LogP contribution in [-0.2, 0) is 15.1 Å². The van der Waals surface area contributed by atoms with Gasteiger partial charge in [0.2, 0.25) is 5.91 Å². The van der Waals surface area contributed by atoms with Crippen LogP contribution < -0.4 is 10.6 Å². The van der Waals surface area contributed by atoms with Crippen molar-refractivity contribution in [3.8, 4) is 0 Å². The van der Waals surface area contributed by atoms with Gasteiger partial charge in [-0.2, -0.15) is 0 Å². The third-order valence-electron chi connectivity index (χ3n) is 8.65. The van der Waals surface area contributed by atoms with Crippen LogP contribution in [0.25, 0.3) is 0 Å². The Kier molecular flexibility index (Phi) is 6.26. The lowest BCUT2D eigenvalue weighted by atomic mass is 9.68. The molecule has 1 aromatic carbocycles. The number of benzene rings is 1. The van der Waals surface area contributed by atoms with E-state index in [-0.39, 0.29) is 29.6 Å². The number of aliphatic hydroxyl groups is 2. The molecule has 1 aromatic rings. The number of carbonyl (C=O) groups excluding carboxylic acids is 1. The number of hydrogen-bond donors (Lipinski definition) is 4. The number of ether oxygens (including phenoxy) is 1. The zero-order valence-electron chi connectivity index (χ0n) is 19.6. The van der Waals surface area contributed by atoms with Gasteiger partial charge in [-0.1, -0.05) is 30.3 Å². The van der Waals surface area contributed by atoms with Crippen molar-refractivity contribution in [1.82, 2.24) is 20.4 Å². The molecule has 1 atom stereocenters. The van der Waals surface area contributed by atoms with Crippen LogP contribution in [0.3, 0.4) is 0 Å². The van der Waals surface area contributed by atoms with E-state index in [1.165, 1.54) is 5.56 Å². The van der Waals surface area contributed by atoms with Gasteiger partial charge in [0.15, 0.2) is 6.35 Å². The van der Waals surface area contributed by atoms with E-state index in [0.717, 1.165) is 44.9 Å². The summed E-state index contributed by atoms with van der Waals surface area (Å²) in [4.78, 5) is 16.6. The van der Waals surface area contributed by atoms with Crippen LogP contribution in [0.1, 0.15) is 50.5 Å². The molecule has 2 aliphatic carbocycles. The van der Waals surface area contributed by atoms with Gasteiger partial charge in [-0.3, -0.25) is 14.6 Å². The van der Waals surface area contributed by atoms with E-state index in [0.29, 0.717) is 26.3 Å². The number of hydrogen-bond acceptors (Lipinski definition) is 7. The van der Waals surface area contributed by atoms with Crippen molar-refractivity contribution >= 4 is 5.91 Å². The number of rotatable bonds is 7. The second-order valence-electron chi connectivity index (χ2n) is 10.7. The fraction of sp³-hybridized carbons (Fsp3) is 0.720. The molecule has 33 heavy (non-hydrogen) atoms. The van der Waals surface area contributed by atoms with Gasteiger partial charge in [-0.25, -0.2) is 0 Å². The predicted octanol–water partition coefficient (Wildman–Crippen LogP) is 0.738. The van der Waals surface area contributed by atoms with Crippen molar-refractivity contribution in [2.45, 2.75) is 74.0 Å². The van der Waals surface area contributed by atoms with E-state index in [2.05, 4.69) is 39.8 Å². The molecule has 8 heteroatoms. The van der Waals surface area contributed by atoms with Crippen molar-refractivity contribution in [3.05, 3.63) is 35.9 Å². The number of nitrogens with one attached hydrogen (secondary N) is 2. The Hall–Kier alpha value is -1.55. The van der Waals surface area contributed by atoms with Gasteiger partial charge in [0.05, 0.1) is 31.4 Å². The minimum Gasteiger partial charge on any atom is -0.389 e. The molecule has 182 valence electrons. The van der Waals surface area contributed by atoms with Crippen molar-refractivity contribution < 1.29 is 19.7 Å². The van der Waals surface area contributed by atoms with E-state index in [1.54, 1.807) is 0 Å². The zero-order chi connectivity index (χ0) is 23.1. The molecule has 1 spiro atoms. The smallest absolute Gasteiger partial charge is 0.234 e. The Morgan fingerprint density at radius 3 is 2.36 bits per heavy atom. The van der Waals surface area contributed by atoms with E-state index < -0.39 is 12.0 Å². The van der Waals surface area contributed by atoms with Gasteiger partial charge in [0.25, 0.3) is 0 Å². The molecule has 2 heterocycles. The molecule has 8 nitrogen and oxygen atoms in total. The Balaban J connectivity index is 1.34. The third-order valence-corrected chi connectivity index (χ3v) is 8.65. The molecule has 1 amide bonds. The van der Waals surface area contributed by atoms with Gasteiger partial charge in [-0.05, 0) is 57.6 Å². The number of carbonyl (C=O) groups is 1. The summed E-state index contributed by atoms with van der Waals surface area (Å²) in [5.74, 6) is -0.0774. The molecule has 2 saturated heterocycles. The SMILES string of the molecule is CN[C@]1(c2ccccc2)CC[C@]2(CC1)CN(CC(=O)NC1COC1)C(O)N2CC1(O)CCC1. The largest absolute Gasteiger partial charge is 0.389 e. The Morgan fingerprint density at radius 1 is 1.12 bits per heavy atom. The number of aliphatic hydroxyl groups excluding tert-OH is 1. The first-order chi connectivity index (χ1) is 15.9. The summed E-state index contributed by atoms with van der Waals surface area (Å²) in [7, 11) is 2.03. The van der Waals surface area contributed by atoms with Gasteiger partial charge >= 0.3 is 0 Å². The number of β-amino-alcohol motifs (C(OH)–C–C–N with tert-alkyl or cyclic N) is 1. The monoisotopic (exact) mass is 458 g/mol. The van der Waals surface area contributed by atoms with Crippen molar-refractivity contribution in [3.63, 3.8) is 0 Å².